The molecule has 0 aromatic heterocycles. The van der Waals surface area contributed by atoms with Crippen LogP contribution in [0.4, 0.5) is 13.2 Å². The molecule has 7 heteroatoms. The minimum atomic E-state index is -4.69. The molecule has 2 N–H and O–H groups in total. The summed E-state index contributed by atoms with van der Waals surface area (Å²) in [6.07, 6.45) is -4.69. The van der Waals surface area contributed by atoms with Gasteiger partial charge < -0.3 is 15.2 Å². The van der Waals surface area contributed by atoms with E-state index in [2.05, 4.69) is 4.74 Å². The molecule has 0 saturated carbocycles. The summed E-state index contributed by atoms with van der Waals surface area (Å²) in [6.45, 7) is 0.283. The van der Waals surface area contributed by atoms with Crippen LogP contribution in [0.2, 0.25) is 0 Å². The van der Waals surface area contributed by atoms with Gasteiger partial charge in [-0.05, 0) is 12.1 Å². The highest BCUT2D eigenvalue weighted by molar-refractivity contribution is 5.85. The van der Waals surface area contributed by atoms with Gasteiger partial charge in [-0.3, -0.25) is 0 Å². The van der Waals surface area contributed by atoms with E-state index in [1.165, 1.54) is 18.2 Å². The maximum atomic E-state index is 11.9. The second-order valence-corrected chi connectivity index (χ2v) is 3.16. The number of halogens is 4. The Morgan fingerprint density at radius 3 is 2.69 bits per heavy atom. The molecule has 0 saturated heterocycles. The molecule has 1 unspecified atom stereocenters. The number of hydrogen-bond donors (Lipinski definition) is 1. The third kappa shape index (κ3) is 2.70. The monoisotopic (exact) mass is 255 g/mol. The number of fused-ring (bicyclic) bond motifs is 1. The van der Waals surface area contributed by atoms with Gasteiger partial charge in [0, 0.05) is 11.6 Å². The lowest BCUT2D eigenvalue weighted by atomic mass is 10.1. The molecule has 0 aliphatic carbocycles. The van der Waals surface area contributed by atoms with Crippen LogP contribution in [0, 0.1) is 0 Å². The zero-order valence-electron chi connectivity index (χ0n) is 7.95. The average Bonchev–Trinajstić information content (AvgIpc) is 2.45. The second-order valence-electron chi connectivity index (χ2n) is 3.16. The largest absolute Gasteiger partial charge is 0.573 e. The van der Waals surface area contributed by atoms with Gasteiger partial charge in [-0.15, -0.1) is 25.6 Å². The van der Waals surface area contributed by atoms with E-state index in [4.69, 9.17) is 10.5 Å². The fourth-order valence-electron chi connectivity index (χ4n) is 1.41. The molecule has 0 fully saturated rings. The lowest BCUT2D eigenvalue weighted by Crippen LogP contribution is -2.17. The predicted molar refractivity (Wildman–Crippen MR) is 52.8 cm³/mol. The fourth-order valence-corrected chi connectivity index (χ4v) is 1.41. The Balaban J connectivity index is 0.00000128. The van der Waals surface area contributed by atoms with E-state index < -0.39 is 6.36 Å². The van der Waals surface area contributed by atoms with Crippen molar-refractivity contribution in [1.82, 2.24) is 0 Å². The summed E-state index contributed by atoms with van der Waals surface area (Å²) in [5.74, 6) is 0.0552. The number of alkyl halides is 3. The van der Waals surface area contributed by atoms with Crippen LogP contribution in [0.25, 0.3) is 0 Å². The van der Waals surface area contributed by atoms with Crippen LogP contribution in [0.5, 0.6) is 11.5 Å². The number of ether oxygens (including phenoxy) is 2. The molecule has 0 bridgehead atoms. The average molecular weight is 256 g/mol. The Morgan fingerprint density at radius 2 is 2.06 bits per heavy atom. The van der Waals surface area contributed by atoms with Gasteiger partial charge in [0.2, 0.25) is 0 Å². The first-order valence-electron chi connectivity index (χ1n) is 4.24. The Morgan fingerprint density at radius 1 is 1.38 bits per heavy atom. The molecule has 1 aliphatic rings. The van der Waals surface area contributed by atoms with E-state index in [1.54, 1.807) is 0 Å². The summed E-state index contributed by atoms with van der Waals surface area (Å²) in [7, 11) is 0. The first-order valence-corrected chi connectivity index (χ1v) is 4.24. The van der Waals surface area contributed by atoms with Crippen LogP contribution in [0.3, 0.4) is 0 Å². The van der Waals surface area contributed by atoms with Crippen molar-refractivity contribution in [1.29, 1.82) is 0 Å². The molecule has 1 heterocycles. The highest BCUT2D eigenvalue weighted by Crippen LogP contribution is 2.35. The highest BCUT2D eigenvalue weighted by Gasteiger charge is 2.32. The lowest BCUT2D eigenvalue weighted by molar-refractivity contribution is -0.274. The van der Waals surface area contributed by atoms with Crippen molar-refractivity contribution >= 4 is 12.4 Å². The number of nitrogens with two attached hydrogens (primary N) is 1. The van der Waals surface area contributed by atoms with Gasteiger partial charge in [0.25, 0.3) is 0 Å². The van der Waals surface area contributed by atoms with E-state index in [9.17, 15) is 13.2 Å². The summed E-state index contributed by atoms with van der Waals surface area (Å²) in [6, 6.07) is 3.62. The van der Waals surface area contributed by atoms with Crippen molar-refractivity contribution in [2.24, 2.45) is 5.73 Å². The molecule has 0 spiro atoms. The zero-order valence-corrected chi connectivity index (χ0v) is 8.77. The normalized spacial score (nSPS) is 18.4. The van der Waals surface area contributed by atoms with Gasteiger partial charge in [0.1, 0.15) is 18.1 Å². The van der Waals surface area contributed by atoms with Crippen LogP contribution in [-0.4, -0.2) is 13.0 Å². The van der Waals surface area contributed by atoms with Crippen molar-refractivity contribution in [3.05, 3.63) is 23.8 Å². The molecule has 1 aromatic rings. The molecule has 0 radical (unpaired) electrons. The molecule has 1 atom stereocenters. The Bertz CT molecular complexity index is 384. The van der Waals surface area contributed by atoms with Crippen LogP contribution < -0.4 is 15.2 Å². The molecule has 0 amide bonds. The third-order valence-corrected chi connectivity index (χ3v) is 2.04. The zero-order chi connectivity index (χ0) is 11.1. The number of benzene rings is 1. The highest BCUT2D eigenvalue weighted by atomic mass is 35.5. The summed E-state index contributed by atoms with van der Waals surface area (Å²) >= 11 is 0. The molecule has 1 aliphatic heterocycles. The van der Waals surface area contributed by atoms with E-state index in [0.717, 1.165) is 0 Å². The first-order chi connectivity index (χ1) is 6.96. The molecule has 2 rings (SSSR count). The first kappa shape index (κ1) is 12.9. The fraction of sp³-hybridized carbons (Fsp3) is 0.333. The number of rotatable bonds is 1. The van der Waals surface area contributed by atoms with Crippen molar-refractivity contribution in [3.8, 4) is 11.5 Å². The molecule has 3 nitrogen and oxygen atoms in total. The van der Waals surface area contributed by atoms with Crippen LogP contribution in [-0.2, 0) is 0 Å². The van der Waals surface area contributed by atoms with Gasteiger partial charge >= 0.3 is 6.36 Å². The SMILES string of the molecule is Cl.NC1COc2cc(OC(F)(F)F)ccc21. The van der Waals surface area contributed by atoms with E-state index in [1.807, 2.05) is 0 Å². The topological polar surface area (TPSA) is 44.5 Å². The van der Waals surface area contributed by atoms with Crippen LogP contribution in [0.15, 0.2) is 18.2 Å². The van der Waals surface area contributed by atoms with Crippen LogP contribution in [0.1, 0.15) is 11.6 Å². The lowest BCUT2D eigenvalue weighted by Gasteiger charge is -2.09. The maximum Gasteiger partial charge on any atom is 0.573 e. The summed E-state index contributed by atoms with van der Waals surface area (Å²) < 4.78 is 44.5. The van der Waals surface area contributed by atoms with Crippen molar-refractivity contribution < 1.29 is 22.6 Å². The standard InChI is InChI=1S/C9H8F3NO2.ClH/c10-9(11,12)15-5-1-2-6-7(13)4-14-8(6)3-5;/h1-3,7H,4,13H2;1H. The second kappa shape index (κ2) is 4.39. The smallest absolute Gasteiger partial charge is 0.491 e. The minimum absolute atomic E-state index is 0. The van der Waals surface area contributed by atoms with Gasteiger partial charge in [0.05, 0.1) is 6.04 Å². The van der Waals surface area contributed by atoms with E-state index in [0.29, 0.717) is 11.3 Å². The van der Waals surface area contributed by atoms with E-state index >= 15 is 0 Å². The van der Waals surface area contributed by atoms with Gasteiger partial charge in [-0.1, -0.05) is 0 Å². The molecule has 1 aromatic carbocycles. The summed E-state index contributed by atoms with van der Waals surface area (Å²) in [5.41, 5.74) is 6.33. The molecular weight excluding hydrogens is 247 g/mol. The molecule has 90 valence electrons. The Kier molecular flexibility index (Phi) is 3.54. The summed E-state index contributed by atoms with van der Waals surface area (Å²) in [4.78, 5) is 0. The minimum Gasteiger partial charge on any atom is -0.491 e. The predicted octanol–water partition coefficient (Wildman–Crippen LogP) is 2.40. The Hall–Kier alpha value is -1.14. The van der Waals surface area contributed by atoms with Crippen LogP contribution >= 0.6 is 12.4 Å². The van der Waals surface area contributed by atoms with Crippen molar-refractivity contribution in [3.63, 3.8) is 0 Å². The quantitative estimate of drug-likeness (QED) is 0.838. The van der Waals surface area contributed by atoms with Gasteiger partial charge in [-0.2, -0.15) is 0 Å². The third-order valence-electron chi connectivity index (χ3n) is 2.04. The van der Waals surface area contributed by atoms with Gasteiger partial charge in [-0.25, -0.2) is 0 Å². The maximum absolute atomic E-state index is 11.9. The Labute approximate surface area is 95.7 Å². The van der Waals surface area contributed by atoms with E-state index in [-0.39, 0.29) is 30.8 Å². The van der Waals surface area contributed by atoms with Gasteiger partial charge in [0.15, 0.2) is 0 Å². The molecular formula is C9H9ClF3NO2. The van der Waals surface area contributed by atoms with Crippen molar-refractivity contribution in [2.75, 3.05) is 6.61 Å². The molecule has 16 heavy (non-hydrogen) atoms. The summed E-state index contributed by atoms with van der Waals surface area (Å²) in [5, 5.41) is 0. The number of hydrogen-bond acceptors (Lipinski definition) is 3. The van der Waals surface area contributed by atoms with Crippen molar-refractivity contribution in [2.45, 2.75) is 12.4 Å².